The Kier molecular flexibility index (Phi) is 4.31. The Bertz CT molecular complexity index is 448. The molecule has 0 aliphatic carbocycles. The highest BCUT2D eigenvalue weighted by molar-refractivity contribution is 5.83. The maximum atomic E-state index is 11.2. The Hall–Kier alpha value is -1.87. The topological polar surface area (TPSA) is 35.5 Å². The maximum absolute atomic E-state index is 11.2. The fraction of sp³-hybridized carbons (Fsp3) is 0.267. The molecule has 0 saturated heterocycles. The molecular weight excluding hydrogens is 228 g/mol. The highest BCUT2D eigenvalue weighted by atomic mass is 16.6. The number of benzene rings is 1. The van der Waals surface area contributed by atoms with Crippen molar-refractivity contribution in [2.75, 3.05) is 0 Å². The van der Waals surface area contributed by atoms with Gasteiger partial charge in [0.05, 0.1) is 6.61 Å². The first-order valence-electron chi connectivity index (χ1n) is 5.97. The molecule has 0 amide bonds. The van der Waals surface area contributed by atoms with Crippen molar-refractivity contribution in [3.8, 4) is 0 Å². The van der Waals surface area contributed by atoms with E-state index < -0.39 is 0 Å². The molecule has 0 radical (unpaired) electrons. The van der Waals surface area contributed by atoms with Crippen LogP contribution in [0.2, 0.25) is 0 Å². The summed E-state index contributed by atoms with van der Waals surface area (Å²) in [7, 11) is 0. The molecule has 2 atom stereocenters. The monoisotopic (exact) mass is 244 g/mol. The van der Waals surface area contributed by atoms with Crippen molar-refractivity contribution >= 4 is 5.97 Å². The molecule has 1 aromatic rings. The number of hydrogen-bond acceptors (Lipinski definition) is 3. The first-order valence-corrected chi connectivity index (χ1v) is 5.97. The van der Waals surface area contributed by atoms with Crippen molar-refractivity contribution in [2.45, 2.75) is 25.7 Å². The molecule has 0 aromatic heterocycles. The van der Waals surface area contributed by atoms with Gasteiger partial charge in [-0.3, -0.25) is 0 Å². The van der Waals surface area contributed by atoms with Gasteiger partial charge in [-0.1, -0.05) is 36.4 Å². The van der Waals surface area contributed by atoms with Crippen LogP contribution in [0, 0.1) is 0 Å². The minimum Gasteiger partial charge on any atom is -0.452 e. The highest BCUT2D eigenvalue weighted by Crippen LogP contribution is 2.15. The van der Waals surface area contributed by atoms with Crippen molar-refractivity contribution in [3.63, 3.8) is 0 Å². The quantitative estimate of drug-likeness (QED) is 0.603. The molecule has 0 saturated carbocycles. The molecule has 1 aliphatic rings. The Morgan fingerprint density at radius 3 is 2.83 bits per heavy atom. The zero-order chi connectivity index (χ0) is 12.8. The fourth-order valence-corrected chi connectivity index (χ4v) is 1.78. The summed E-state index contributed by atoms with van der Waals surface area (Å²) in [5.41, 5.74) is 1.10. The van der Waals surface area contributed by atoms with E-state index in [1.54, 1.807) is 6.08 Å². The average Bonchev–Trinajstić information content (AvgIpc) is 2.39. The highest BCUT2D eigenvalue weighted by Gasteiger charge is 2.24. The van der Waals surface area contributed by atoms with Crippen LogP contribution in [-0.2, 0) is 20.9 Å². The number of allylic oxidation sites excluding steroid dienone is 1. The van der Waals surface area contributed by atoms with Crippen LogP contribution in [-0.4, -0.2) is 18.2 Å². The van der Waals surface area contributed by atoms with E-state index in [9.17, 15) is 4.79 Å². The van der Waals surface area contributed by atoms with Crippen molar-refractivity contribution in [3.05, 3.63) is 60.2 Å². The second kappa shape index (κ2) is 6.17. The molecule has 0 bridgehead atoms. The number of esters is 1. The first kappa shape index (κ1) is 12.6. The molecular formula is C15H16O3. The van der Waals surface area contributed by atoms with Gasteiger partial charge in [-0.2, -0.15) is 0 Å². The van der Waals surface area contributed by atoms with Crippen LogP contribution < -0.4 is 0 Å². The van der Waals surface area contributed by atoms with Crippen LogP contribution in [0.4, 0.5) is 0 Å². The third kappa shape index (κ3) is 3.31. The predicted molar refractivity (Wildman–Crippen MR) is 68.9 cm³/mol. The predicted octanol–water partition coefficient (Wildman–Crippen LogP) is 2.63. The molecule has 0 spiro atoms. The van der Waals surface area contributed by atoms with Crippen molar-refractivity contribution < 1.29 is 14.3 Å². The summed E-state index contributed by atoms with van der Waals surface area (Å²) in [6, 6.07) is 9.92. The van der Waals surface area contributed by atoms with Crippen LogP contribution in [0.1, 0.15) is 12.5 Å². The Morgan fingerprint density at radius 2 is 2.11 bits per heavy atom. The lowest BCUT2D eigenvalue weighted by atomic mass is 10.1. The number of ether oxygens (including phenoxy) is 2. The molecule has 94 valence electrons. The van der Waals surface area contributed by atoms with Gasteiger partial charge in [0.1, 0.15) is 12.2 Å². The summed E-state index contributed by atoms with van der Waals surface area (Å²) in [5, 5.41) is 0. The van der Waals surface area contributed by atoms with Gasteiger partial charge >= 0.3 is 5.97 Å². The number of rotatable bonds is 4. The Labute approximate surface area is 107 Å². The largest absolute Gasteiger partial charge is 0.452 e. The second-order valence-corrected chi connectivity index (χ2v) is 4.05. The summed E-state index contributed by atoms with van der Waals surface area (Å²) in [6.07, 6.45) is 6.29. The summed E-state index contributed by atoms with van der Waals surface area (Å²) >= 11 is 0. The molecule has 18 heavy (non-hydrogen) atoms. The van der Waals surface area contributed by atoms with E-state index >= 15 is 0 Å². The normalized spacial score (nSPS) is 23.3. The third-order valence-electron chi connectivity index (χ3n) is 2.67. The van der Waals surface area contributed by atoms with Crippen LogP contribution in [0.3, 0.4) is 0 Å². The summed E-state index contributed by atoms with van der Waals surface area (Å²) in [6.45, 7) is 2.39. The van der Waals surface area contributed by atoms with E-state index in [0.29, 0.717) is 6.61 Å². The van der Waals surface area contributed by atoms with Crippen LogP contribution in [0.25, 0.3) is 0 Å². The van der Waals surface area contributed by atoms with Gasteiger partial charge in [-0.15, -0.1) is 0 Å². The van der Waals surface area contributed by atoms with E-state index in [4.69, 9.17) is 9.47 Å². The van der Waals surface area contributed by atoms with E-state index in [1.165, 1.54) is 6.08 Å². The van der Waals surface area contributed by atoms with Crippen LogP contribution in [0.5, 0.6) is 0 Å². The number of carbonyl (C=O) groups is 1. The third-order valence-corrected chi connectivity index (χ3v) is 2.67. The van der Waals surface area contributed by atoms with E-state index in [-0.39, 0.29) is 18.2 Å². The van der Waals surface area contributed by atoms with Crippen LogP contribution in [0.15, 0.2) is 54.6 Å². The number of hydrogen-bond donors (Lipinski definition) is 0. The van der Waals surface area contributed by atoms with Crippen molar-refractivity contribution in [1.82, 2.24) is 0 Å². The maximum Gasteiger partial charge on any atom is 0.331 e. The second-order valence-electron chi connectivity index (χ2n) is 4.05. The molecule has 1 aromatic carbocycles. The van der Waals surface area contributed by atoms with Gasteiger partial charge in [0.25, 0.3) is 0 Å². The average molecular weight is 244 g/mol. The molecule has 3 nitrogen and oxygen atoms in total. The van der Waals surface area contributed by atoms with Gasteiger partial charge in [0.15, 0.2) is 0 Å². The minimum atomic E-state index is -0.337. The Balaban J connectivity index is 1.98. The lowest BCUT2D eigenvalue weighted by molar-refractivity contribution is -0.148. The molecule has 3 heteroatoms. The minimum absolute atomic E-state index is 0.223. The molecule has 0 fully saturated rings. The summed E-state index contributed by atoms with van der Waals surface area (Å²) in [5.74, 6) is -0.322. The molecule has 2 rings (SSSR count). The number of cyclic esters (lactones) is 1. The van der Waals surface area contributed by atoms with E-state index in [1.807, 2.05) is 49.4 Å². The van der Waals surface area contributed by atoms with Gasteiger partial charge < -0.3 is 9.47 Å². The zero-order valence-corrected chi connectivity index (χ0v) is 10.3. The molecule has 2 unspecified atom stereocenters. The van der Waals surface area contributed by atoms with Gasteiger partial charge in [0.2, 0.25) is 0 Å². The van der Waals surface area contributed by atoms with Crippen molar-refractivity contribution in [1.29, 1.82) is 0 Å². The van der Waals surface area contributed by atoms with Gasteiger partial charge in [-0.05, 0) is 24.6 Å². The van der Waals surface area contributed by atoms with Crippen molar-refractivity contribution in [2.24, 2.45) is 0 Å². The van der Waals surface area contributed by atoms with Gasteiger partial charge in [-0.25, -0.2) is 4.79 Å². The lowest BCUT2D eigenvalue weighted by Crippen LogP contribution is -2.33. The smallest absolute Gasteiger partial charge is 0.331 e. The molecule has 1 aliphatic heterocycles. The number of carbonyl (C=O) groups excluding carboxylic acids is 1. The molecule has 1 heterocycles. The fourth-order valence-electron chi connectivity index (χ4n) is 1.78. The standard InChI is InChI=1S/C15H16O3/c1-2-6-14-13(9-10-15(16)18-14)17-11-12-7-4-3-5-8-12/h2-10,13-14H,11H2,1H3/b6-2+. The summed E-state index contributed by atoms with van der Waals surface area (Å²) in [4.78, 5) is 11.2. The van der Waals surface area contributed by atoms with Gasteiger partial charge in [0, 0.05) is 6.08 Å². The Morgan fingerprint density at radius 1 is 1.33 bits per heavy atom. The zero-order valence-electron chi connectivity index (χ0n) is 10.3. The van der Waals surface area contributed by atoms with E-state index in [2.05, 4.69) is 0 Å². The lowest BCUT2D eigenvalue weighted by Gasteiger charge is -2.25. The molecule has 0 N–H and O–H groups in total. The van der Waals surface area contributed by atoms with E-state index in [0.717, 1.165) is 5.56 Å². The summed E-state index contributed by atoms with van der Waals surface area (Å²) < 4.78 is 11.0. The van der Waals surface area contributed by atoms with Crippen LogP contribution >= 0.6 is 0 Å². The first-order chi connectivity index (χ1) is 8.79. The SMILES string of the molecule is C/C=C/C1OC(=O)C=CC1OCc1ccccc1.